The summed E-state index contributed by atoms with van der Waals surface area (Å²) in [5, 5.41) is 4.90. The Bertz CT molecular complexity index is 622. The lowest BCUT2D eigenvalue weighted by atomic mass is 10.2. The molecule has 2 amide bonds. The molecule has 0 radical (unpaired) electrons. The van der Waals surface area contributed by atoms with Gasteiger partial charge in [-0.3, -0.25) is 9.59 Å². The second-order valence-electron chi connectivity index (χ2n) is 4.89. The third kappa shape index (κ3) is 3.80. The van der Waals surface area contributed by atoms with Crippen molar-refractivity contribution >= 4 is 27.3 Å². The molecule has 1 aromatic carbocycles. The smallest absolute Gasteiger partial charge is 0.313 e. The first-order chi connectivity index (χ1) is 9.35. The Morgan fingerprint density at radius 3 is 2.35 bits per heavy atom. The summed E-state index contributed by atoms with van der Waals surface area (Å²) in [6, 6.07) is 6.55. The molecule has 1 aliphatic heterocycles. The number of carbonyl (C=O) groups is 2. The van der Waals surface area contributed by atoms with Crippen LogP contribution in [-0.4, -0.2) is 37.8 Å². The molecule has 0 aromatic heterocycles. The number of rotatable bonds is 2. The van der Waals surface area contributed by atoms with Gasteiger partial charge in [0, 0.05) is 11.7 Å². The van der Waals surface area contributed by atoms with Crippen LogP contribution in [0.15, 0.2) is 24.3 Å². The maximum Gasteiger partial charge on any atom is 0.313 e. The normalized spacial score (nSPS) is 20.4. The quantitative estimate of drug-likeness (QED) is 0.765. The van der Waals surface area contributed by atoms with Crippen LogP contribution in [-0.2, 0) is 19.4 Å². The summed E-state index contributed by atoms with van der Waals surface area (Å²) >= 11 is 0. The van der Waals surface area contributed by atoms with E-state index in [-0.39, 0.29) is 11.5 Å². The van der Waals surface area contributed by atoms with Gasteiger partial charge in [-0.15, -0.1) is 0 Å². The Labute approximate surface area is 117 Å². The molecule has 1 aromatic rings. The summed E-state index contributed by atoms with van der Waals surface area (Å²) in [6.45, 7) is 1.92. The second-order valence-corrected chi connectivity index (χ2v) is 7.12. The van der Waals surface area contributed by atoms with Gasteiger partial charge in [0.2, 0.25) is 0 Å². The lowest BCUT2D eigenvalue weighted by Gasteiger charge is -2.10. The number of nitrogens with one attached hydrogen (secondary N) is 2. The third-order valence-corrected chi connectivity index (χ3v) is 4.85. The minimum absolute atomic E-state index is 0.0531. The summed E-state index contributed by atoms with van der Waals surface area (Å²) in [5.74, 6) is -1.65. The number of aryl methyl sites for hydroxylation is 1. The molecular weight excluding hydrogens is 280 g/mol. The number of benzene rings is 1. The van der Waals surface area contributed by atoms with Crippen LogP contribution >= 0.6 is 0 Å². The zero-order chi connectivity index (χ0) is 14.8. The van der Waals surface area contributed by atoms with Crippen LogP contribution < -0.4 is 10.6 Å². The van der Waals surface area contributed by atoms with E-state index in [9.17, 15) is 18.0 Å². The van der Waals surface area contributed by atoms with E-state index in [0.717, 1.165) is 5.56 Å². The lowest BCUT2D eigenvalue weighted by Crippen LogP contribution is -2.42. The van der Waals surface area contributed by atoms with Gasteiger partial charge in [0.1, 0.15) is 0 Å². The van der Waals surface area contributed by atoms with Gasteiger partial charge in [-0.25, -0.2) is 8.42 Å². The van der Waals surface area contributed by atoms with Crippen molar-refractivity contribution in [2.75, 3.05) is 16.8 Å². The molecule has 0 saturated carbocycles. The first-order valence-corrected chi connectivity index (χ1v) is 8.07. The molecule has 0 spiro atoms. The van der Waals surface area contributed by atoms with Crippen LogP contribution in [0.25, 0.3) is 0 Å². The Hall–Kier alpha value is -1.89. The molecule has 1 unspecified atom stereocenters. The van der Waals surface area contributed by atoms with Crippen LogP contribution in [0.5, 0.6) is 0 Å². The summed E-state index contributed by atoms with van der Waals surface area (Å²) in [6.07, 6.45) is 0.353. The number of amides is 2. The fourth-order valence-corrected chi connectivity index (χ4v) is 3.66. The average molecular weight is 296 g/mol. The number of sulfone groups is 1. The molecule has 0 bridgehead atoms. The zero-order valence-electron chi connectivity index (χ0n) is 11.0. The lowest BCUT2D eigenvalue weighted by molar-refractivity contribution is -0.136. The maximum atomic E-state index is 11.7. The number of hydrogen-bond donors (Lipinski definition) is 2. The molecule has 108 valence electrons. The first-order valence-electron chi connectivity index (χ1n) is 6.25. The van der Waals surface area contributed by atoms with Gasteiger partial charge in [0.15, 0.2) is 9.84 Å². The first kappa shape index (κ1) is 14.5. The van der Waals surface area contributed by atoms with E-state index in [4.69, 9.17) is 0 Å². The van der Waals surface area contributed by atoms with E-state index in [0.29, 0.717) is 12.1 Å². The van der Waals surface area contributed by atoms with Crippen LogP contribution in [0.3, 0.4) is 0 Å². The van der Waals surface area contributed by atoms with E-state index in [1.54, 1.807) is 12.1 Å². The Morgan fingerprint density at radius 2 is 1.80 bits per heavy atom. The van der Waals surface area contributed by atoms with E-state index in [1.807, 2.05) is 19.1 Å². The molecule has 20 heavy (non-hydrogen) atoms. The van der Waals surface area contributed by atoms with E-state index < -0.39 is 27.7 Å². The Kier molecular flexibility index (Phi) is 4.08. The monoisotopic (exact) mass is 296 g/mol. The zero-order valence-corrected chi connectivity index (χ0v) is 11.9. The van der Waals surface area contributed by atoms with E-state index in [1.165, 1.54) is 0 Å². The summed E-state index contributed by atoms with van der Waals surface area (Å²) in [7, 11) is -3.08. The van der Waals surface area contributed by atoms with Crippen molar-refractivity contribution in [2.24, 2.45) is 0 Å². The SMILES string of the molecule is Cc1ccc(NC(=O)C(=O)NC2CCS(=O)(=O)C2)cc1. The van der Waals surface area contributed by atoms with Gasteiger partial charge < -0.3 is 10.6 Å². The minimum atomic E-state index is -3.08. The van der Waals surface area contributed by atoms with Gasteiger partial charge in [0.25, 0.3) is 0 Å². The van der Waals surface area contributed by atoms with Gasteiger partial charge >= 0.3 is 11.8 Å². The molecule has 1 fully saturated rings. The van der Waals surface area contributed by atoms with Crippen molar-refractivity contribution in [3.05, 3.63) is 29.8 Å². The maximum absolute atomic E-state index is 11.7. The number of anilines is 1. The molecule has 2 N–H and O–H groups in total. The highest BCUT2D eigenvalue weighted by Gasteiger charge is 2.30. The fourth-order valence-electron chi connectivity index (χ4n) is 1.98. The second kappa shape index (κ2) is 5.62. The molecule has 1 saturated heterocycles. The highest BCUT2D eigenvalue weighted by molar-refractivity contribution is 7.91. The van der Waals surface area contributed by atoms with Crippen molar-refractivity contribution in [3.63, 3.8) is 0 Å². The molecule has 0 aliphatic carbocycles. The van der Waals surface area contributed by atoms with Gasteiger partial charge in [0.05, 0.1) is 11.5 Å². The minimum Gasteiger partial charge on any atom is -0.344 e. The molecule has 6 nitrogen and oxygen atoms in total. The third-order valence-electron chi connectivity index (χ3n) is 3.08. The van der Waals surface area contributed by atoms with Gasteiger partial charge in [-0.05, 0) is 25.5 Å². The molecule has 1 atom stereocenters. The number of carbonyl (C=O) groups excluding carboxylic acids is 2. The molecule has 1 aliphatic rings. The van der Waals surface area contributed by atoms with E-state index in [2.05, 4.69) is 10.6 Å². The Morgan fingerprint density at radius 1 is 1.15 bits per heavy atom. The standard InChI is InChI=1S/C13H16N2O4S/c1-9-2-4-10(5-3-9)14-12(16)13(17)15-11-6-7-20(18,19)8-11/h2-5,11H,6-8H2,1H3,(H,14,16)(H,15,17). The highest BCUT2D eigenvalue weighted by Crippen LogP contribution is 2.11. The van der Waals surface area contributed by atoms with Crippen LogP contribution in [0.4, 0.5) is 5.69 Å². The van der Waals surface area contributed by atoms with Crippen LogP contribution in [0, 0.1) is 6.92 Å². The number of hydrogen-bond acceptors (Lipinski definition) is 4. The van der Waals surface area contributed by atoms with Gasteiger partial charge in [-0.1, -0.05) is 17.7 Å². The van der Waals surface area contributed by atoms with Crippen LogP contribution in [0.2, 0.25) is 0 Å². The van der Waals surface area contributed by atoms with Crippen molar-refractivity contribution in [1.82, 2.24) is 5.32 Å². The van der Waals surface area contributed by atoms with Crippen molar-refractivity contribution in [2.45, 2.75) is 19.4 Å². The van der Waals surface area contributed by atoms with Crippen LogP contribution in [0.1, 0.15) is 12.0 Å². The summed E-state index contributed by atoms with van der Waals surface area (Å²) in [5.41, 5.74) is 1.57. The van der Waals surface area contributed by atoms with Gasteiger partial charge in [-0.2, -0.15) is 0 Å². The summed E-state index contributed by atoms with van der Waals surface area (Å²) in [4.78, 5) is 23.3. The topological polar surface area (TPSA) is 92.3 Å². The average Bonchev–Trinajstić information content (AvgIpc) is 2.71. The molecule has 1 heterocycles. The Balaban J connectivity index is 1.89. The van der Waals surface area contributed by atoms with Crippen molar-refractivity contribution < 1.29 is 18.0 Å². The highest BCUT2D eigenvalue weighted by atomic mass is 32.2. The predicted octanol–water partition coefficient (Wildman–Crippen LogP) is 0.237. The summed E-state index contributed by atoms with van der Waals surface area (Å²) < 4.78 is 22.5. The van der Waals surface area contributed by atoms with E-state index >= 15 is 0 Å². The van der Waals surface area contributed by atoms with Crippen molar-refractivity contribution in [3.8, 4) is 0 Å². The fraction of sp³-hybridized carbons (Fsp3) is 0.385. The van der Waals surface area contributed by atoms with Crippen molar-refractivity contribution in [1.29, 1.82) is 0 Å². The molecular formula is C13H16N2O4S. The molecule has 2 rings (SSSR count). The predicted molar refractivity (Wildman–Crippen MR) is 75.0 cm³/mol. The largest absolute Gasteiger partial charge is 0.344 e. The molecule has 7 heteroatoms.